The normalized spacial score (nSPS) is 10.8. The molecule has 3 aromatic rings. The Morgan fingerprint density at radius 2 is 1.74 bits per heavy atom. The van der Waals surface area contributed by atoms with Crippen LogP contribution in [-0.2, 0) is 6.54 Å². The molecule has 0 aliphatic carbocycles. The lowest BCUT2D eigenvalue weighted by Crippen LogP contribution is -2.44. The molecule has 8 heteroatoms. The highest BCUT2D eigenvalue weighted by Gasteiger charge is 2.20. The third-order valence-corrected chi connectivity index (χ3v) is 4.25. The zero-order valence-electron chi connectivity index (χ0n) is 14.6. The molecule has 27 heavy (non-hydrogen) atoms. The van der Waals surface area contributed by atoms with Gasteiger partial charge in [0.05, 0.1) is 12.2 Å². The highest BCUT2D eigenvalue weighted by Crippen LogP contribution is 2.12. The van der Waals surface area contributed by atoms with Gasteiger partial charge in [-0.3, -0.25) is 9.36 Å². The Kier molecular flexibility index (Phi) is 4.72. The Morgan fingerprint density at radius 3 is 2.33 bits per heavy atom. The number of halogens is 1. The van der Waals surface area contributed by atoms with Crippen molar-refractivity contribution >= 4 is 5.97 Å². The molecule has 1 heterocycles. The van der Waals surface area contributed by atoms with Crippen molar-refractivity contribution in [2.24, 2.45) is 0 Å². The van der Waals surface area contributed by atoms with Crippen LogP contribution < -0.4 is 11.2 Å². The van der Waals surface area contributed by atoms with Gasteiger partial charge in [0, 0.05) is 0 Å². The molecular formula is C19H16FN3O4. The average Bonchev–Trinajstić information content (AvgIpc) is 2.62. The van der Waals surface area contributed by atoms with Gasteiger partial charge in [0.15, 0.2) is 0 Å². The van der Waals surface area contributed by atoms with Gasteiger partial charge < -0.3 is 5.11 Å². The lowest BCUT2D eigenvalue weighted by Gasteiger charge is -2.12. The first-order chi connectivity index (χ1) is 12.8. The first kappa shape index (κ1) is 18.2. The summed E-state index contributed by atoms with van der Waals surface area (Å²) in [7, 11) is 0. The number of aryl methyl sites for hydroxylation is 2. The summed E-state index contributed by atoms with van der Waals surface area (Å²) in [6, 6.07) is 10.3. The standard InChI is InChI=1S/C19H16FN3O4/c1-11-3-8-15(9-12(11)2)23-19(27)22(17(24)16(21-23)18(25)26)10-13-4-6-14(20)7-5-13/h3-9H,10H2,1-2H3,(H,25,26). The second kappa shape index (κ2) is 6.99. The van der Waals surface area contributed by atoms with Gasteiger partial charge in [-0.1, -0.05) is 18.2 Å². The number of hydrogen-bond acceptors (Lipinski definition) is 4. The van der Waals surface area contributed by atoms with Gasteiger partial charge in [0.25, 0.3) is 5.56 Å². The predicted octanol–water partition coefficient (Wildman–Crippen LogP) is 1.90. The topological polar surface area (TPSA) is 94.2 Å². The molecule has 2 aromatic carbocycles. The van der Waals surface area contributed by atoms with E-state index in [9.17, 15) is 23.9 Å². The van der Waals surface area contributed by atoms with Crippen LogP contribution in [0, 0.1) is 19.7 Å². The molecule has 7 nitrogen and oxygen atoms in total. The summed E-state index contributed by atoms with van der Waals surface area (Å²) in [4.78, 5) is 36.7. The van der Waals surface area contributed by atoms with Gasteiger partial charge in [-0.25, -0.2) is 14.0 Å². The largest absolute Gasteiger partial charge is 0.476 e. The van der Waals surface area contributed by atoms with E-state index in [2.05, 4.69) is 5.10 Å². The van der Waals surface area contributed by atoms with E-state index in [0.717, 1.165) is 20.4 Å². The third kappa shape index (κ3) is 3.55. The highest BCUT2D eigenvalue weighted by atomic mass is 19.1. The van der Waals surface area contributed by atoms with Crippen molar-refractivity contribution in [1.82, 2.24) is 14.3 Å². The van der Waals surface area contributed by atoms with Crippen LogP contribution in [0.15, 0.2) is 52.1 Å². The van der Waals surface area contributed by atoms with Gasteiger partial charge >= 0.3 is 11.7 Å². The Labute approximate surface area is 152 Å². The summed E-state index contributed by atoms with van der Waals surface area (Å²) in [5.41, 5.74) is 0.131. The lowest BCUT2D eigenvalue weighted by molar-refractivity contribution is 0.0684. The van der Waals surface area contributed by atoms with E-state index in [0.29, 0.717) is 11.3 Å². The van der Waals surface area contributed by atoms with Crippen molar-refractivity contribution in [1.29, 1.82) is 0 Å². The van der Waals surface area contributed by atoms with Crippen LogP contribution in [0.25, 0.3) is 5.69 Å². The molecule has 0 bridgehead atoms. The van der Waals surface area contributed by atoms with E-state index in [1.54, 1.807) is 18.2 Å². The fraction of sp³-hybridized carbons (Fsp3) is 0.158. The molecule has 1 N–H and O–H groups in total. The number of hydrogen-bond donors (Lipinski definition) is 1. The van der Waals surface area contributed by atoms with Gasteiger partial charge in [0.2, 0.25) is 5.69 Å². The minimum atomic E-state index is -1.54. The van der Waals surface area contributed by atoms with E-state index in [1.807, 2.05) is 13.8 Å². The Balaban J connectivity index is 2.23. The molecule has 0 aliphatic heterocycles. The molecule has 0 unspecified atom stereocenters. The highest BCUT2D eigenvalue weighted by molar-refractivity contribution is 5.84. The SMILES string of the molecule is Cc1ccc(-n2nc(C(=O)O)c(=O)n(Cc3ccc(F)cc3)c2=O)cc1C. The smallest absolute Gasteiger partial charge is 0.362 e. The molecular weight excluding hydrogens is 353 g/mol. The van der Waals surface area contributed by atoms with Gasteiger partial charge in [-0.05, 0) is 54.8 Å². The van der Waals surface area contributed by atoms with Gasteiger partial charge in [-0.15, -0.1) is 0 Å². The second-order valence-electron chi connectivity index (χ2n) is 6.13. The molecule has 0 radical (unpaired) electrons. The quantitative estimate of drug-likeness (QED) is 0.758. The molecule has 3 rings (SSSR count). The number of carboxylic acid groups (broad SMARTS) is 1. The van der Waals surface area contributed by atoms with Crippen LogP contribution in [0.5, 0.6) is 0 Å². The summed E-state index contributed by atoms with van der Waals surface area (Å²) in [5.74, 6) is -2.00. The maximum absolute atomic E-state index is 13.1. The van der Waals surface area contributed by atoms with Crippen LogP contribution in [0.3, 0.4) is 0 Å². The van der Waals surface area contributed by atoms with Crippen molar-refractivity contribution < 1.29 is 14.3 Å². The zero-order chi connectivity index (χ0) is 19.7. The van der Waals surface area contributed by atoms with Crippen molar-refractivity contribution in [3.8, 4) is 5.69 Å². The monoisotopic (exact) mass is 369 g/mol. The van der Waals surface area contributed by atoms with Crippen molar-refractivity contribution in [3.63, 3.8) is 0 Å². The summed E-state index contributed by atoms with van der Waals surface area (Å²) in [5, 5.41) is 13.1. The van der Waals surface area contributed by atoms with E-state index < -0.39 is 28.7 Å². The summed E-state index contributed by atoms with van der Waals surface area (Å²) in [6.07, 6.45) is 0. The Morgan fingerprint density at radius 1 is 1.07 bits per heavy atom. The Bertz CT molecular complexity index is 1150. The molecule has 0 saturated carbocycles. The van der Waals surface area contributed by atoms with Gasteiger partial charge in [-0.2, -0.15) is 9.78 Å². The van der Waals surface area contributed by atoms with E-state index in [1.165, 1.54) is 24.3 Å². The number of nitrogens with zero attached hydrogens (tertiary/aromatic N) is 3. The maximum atomic E-state index is 13.1. The minimum absolute atomic E-state index is 0.203. The molecule has 0 spiro atoms. The van der Waals surface area contributed by atoms with Crippen molar-refractivity contribution in [2.75, 3.05) is 0 Å². The average molecular weight is 369 g/mol. The third-order valence-electron chi connectivity index (χ3n) is 4.25. The maximum Gasteiger partial charge on any atom is 0.362 e. The minimum Gasteiger partial charge on any atom is -0.476 e. The summed E-state index contributed by atoms with van der Waals surface area (Å²) >= 11 is 0. The first-order valence-corrected chi connectivity index (χ1v) is 8.07. The van der Waals surface area contributed by atoms with E-state index >= 15 is 0 Å². The molecule has 0 atom stereocenters. The van der Waals surface area contributed by atoms with Crippen LogP contribution in [0.1, 0.15) is 27.2 Å². The fourth-order valence-corrected chi connectivity index (χ4v) is 2.59. The molecule has 0 fully saturated rings. The first-order valence-electron chi connectivity index (χ1n) is 8.07. The summed E-state index contributed by atoms with van der Waals surface area (Å²) < 4.78 is 14.8. The Hall–Kier alpha value is -3.55. The molecule has 0 aliphatic rings. The number of carboxylic acids is 1. The number of aromatic nitrogens is 3. The number of benzene rings is 2. The molecule has 1 aromatic heterocycles. The molecule has 138 valence electrons. The fourth-order valence-electron chi connectivity index (χ4n) is 2.59. The van der Waals surface area contributed by atoms with E-state index in [-0.39, 0.29) is 6.54 Å². The molecule has 0 saturated heterocycles. The van der Waals surface area contributed by atoms with Crippen molar-refractivity contribution in [3.05, 3.63) is 91.5 Å². The number of rotatable bonds is 4. The zero-order valence-corrected chi connectivity index (χ0v) is 14.6. The van der Waals surface area contributed by atoms with Crippen molar-refractivity contribution in [2.45, 2.75) is 20.4 Å². The van der Waals surface area contributed by atoms with Crippen LogP contribution >= 0.6 is 0 Å². The van der Waals surface area contributed by atoms with Crippen LogP contribution in [-0.4, -0.2) is 25.4 Å². The number of aromatic carboxylic acids is 1. The van der Waals surface area contributed by atoms with Crippen LogP contribution in [0.4, 0.5) is 4.39 Å². The lowest BCUT2D eigenvalue weighted by atomic mass is 10.1. The second-order valence-corrected chi connectivity index (χ2v) is 6.13. The summed E-state index contributed by atoms with van der Waals surface area (Å²) in [6.45, 7) is 3.54. The van der Waals surface area contributed by atoms with Crippen LogP contribution in [0.2, 0.25) is 0 Å². The predicted molar refractivity (Wildman–Crippen MR) is 96.0 cm³/mol. The molecule has 0 amide bonds. The van der Waals surface area contributed by atoms with Gasteiger partial charge in [0.1, 0.15) is 5.82 Å². The van der Waals surface area contributed by atoms with E-state index in [4.69, 9.17) is 0 Å². The number of carbonyl (C=O) groups is 1.